The van der Waals surface area contributed by atoms with Crippen molar-refractivity contribution in [1.82, 2.24) is 4.90 Å². The number of para-hydroxylation sites is 1. The van der Waals surface area contributed by atoms with Gasteiger partial charge in [0.1, 0.15) is 18.9 Å². The number of rotatable bonds is 7. The zero-order chi connectivity index (χ0) is 26.1. The zero-order valence-electron chi connectivity index (χ0n) is 20.2. The van der Waals surface area contributed by atoms with E-state index in [0.29, 0.717) is 72.4 Å². The third-order valence-corrected chi connectivity index (χ3v) is 7.21. The summed E-state index contributed by atoms with van der Waals surface area (Å²) in [5.41, 5.74) is 4.07. The average Bonchev–Trinajstić information content (AvgIpc) is 2.88. The molecular weight excluding hydrogens is 474 g/mol. The van der Waals surface area contributed by atoms with E-state index in [4.69, 9.17) is 9.84 Å². The van der Waals surface area contributed by atoms with Crippen molar-refractivity contribution in [2.24, 2.45) is 0 Å². The van der Waals surface area contributed by atoms with Gasteiger partial charge in [0.2, 0.25) is 0 Å². The molecule has 0 bridgehead atoms. The smallest absolute Gasteiger partial charge is 0.335 e. The van der Waals surface area contributed by atoms with Gasteiger partial charge in [0.15, 0.2) is 11.6 Å². The second-order valence-electron chi connectivity index (χ2n) is 9.52. The van der Waals surface area contributed by atoms with Crippen LogP contribution in [0.5, 0.6) is 5.75 Å². The third kappa shape index (κ3) is 4.67. The predicted octanol–water partition coefficient (Wildman–Crippen LogP) is 4.46. The van der Waals surface area contributed by atoms with Crippen LogP contribution in [0.4, 0.5) is 0 Å². The number of Topliss-reactive ketones (excluding diaryl/α,β-unsaturated/α-hetero) is 2. The fourth-order valence-electron chi connectivity index (χ4n) is 5.61. The Bertz CT molecular complexity index is 1310. The van der Waals surface area contributed by atoms with Crippen LogP contribution in [0.3, 0.4) is 0 Å². The highest BCUT2D eigenvalue weighted by Gasteiger charge is 2.44. The number of hydrogen-bond acceptors (Lipinski definition) is 6. The molecule has 1 heterocycles. The summed E-state index contributed by atoms with van der Waals surface area (Å²) in [6.45, 7) is -0.107. The lowest BCUT2D eigenvalue weighted by atomic mass is 9.70. The van der Waals surface area contributed by atoms with Crippen molar-refractivity contribution in [2.45, 2.75) is 51.0 Å². The highest BCUT2D eigenvalue weighted by molar-refractivity contribution is 6.06. The van der Waals surface area contributed by atoms with Crippen LogP contribution in [0, 0.1) is 0 Å². The van der Waals surface area contributed by atoms with Crippen molar-refractivity contribution < 1.29 is 34.1 Å². The predicted molar refractivity (Wildman–Crippen MR) is 133 cm³/mol. The minimum absolute atomic E-state index is 0.0642. The molecule has 8 heteroatoms. The first-order chi connectivity index (χ1) is 17.8. The normalized spacial score (nSPS) is 18.0. The highest BCUT2D eigenvalue weighted by Crippen LogP contribution is 2.50. The van der Waals surface area contributed by atoms with E-state index in [1.54, 1.807) is 23.1 Å². The zero-order valence-corrected chi connectivity index (χ0v) is 20.2. The van der Waals surface area contributed by atoms with Crippen molar-refractivity contribution in [3.05, 3.63) is 87.8 Å². The Labute approximate surface area is 213 Å². The summed E-state index contributed by atoms with van der Waals surface area (Å²) in [7, 11) is 0. The number of aliphatic carboxylic acids is 1. The molecule has 2 N–H and O–H groups in total. The van der Waals surface area contributed by atoms with E-state index in [-0.39, 0.29) is 30.3 Å². The van der Waals surface area contributed by atoms with Crippen molar-refractivity contribution in [3.63, 3.8) is 0 Å². The summed E-state index contributed by atoms with van der Waals surface area (Å²) in [5.74, 6) is -2.23. The number of ether oxygens (including phenoxy) is 1. The summed E-state index contributed by atoms with van der Waals surface area (Å²) in [6.07, 6.45) is 3.14. The van der Waals surface area contributed by atoms with Crippen LogP contribution in [-0.4, -0.2) is 45.2 Å². The number of carboxylic acid groups (broad SMARTS) is 2. The largest absolute Gasteiger partial charge is 0.489 e. The van der Waals surface area contributed by atoms with Gasteiger partial charge in [0.05, 0.1) is 5.56 Å². The maximum atomic E-state index is 13.3. The fourth-order valence-corrected chi connectivity index (χ4v) is 5.61. The lowest BCUT2D eigenvalue weighted by molar-refractivity contribution is -0.138. The van der Waals surface area contributed by atoms with E-state index < -0.39 is 17.9 Å². The molecule has 2 aromatic carbocycles. The molecule has 0 atom stereocenters. The van der Waals surface area contributed by atoms with Gasteiger partial charge in [0, 0.05) is 46.9 Å². The van der Waals surface area contributed by atoms with Gasteiger partial charge >= 0.3 is 11.9 Å². The standard InChI is InChI=1S/C29H27NO7/c31-22-8-3-6-20-27(22)26(28-21(7-4-9-23(28)32)30(20)15-25(33)34)19-5-1-2-10-24(19)37-16-17-11-13-18(14-12-17)29(35)36/h1-2,5,10-14,26H,3-4,6-9,15-16H2,(H,33,34)(H,35,36). The van der Waals surface area contributed by atoms with Crippen molar-refractivity contribution >= 4 is 23.5 Å². The molecule has 0 radical (unpaired) electrons. The molecule has 0 fully saturated rings. The van der Waals surface area contributed by atoms with Gasteiger partial charge in [0.25, 0.3) is 0 Å². The molecule has 2 aliphatic carbocycles. The molecule has 3 aliphatic rings. The summed E-state index contributed by atoms with van der Waals surface area (Å²) in [4.78, 5) is 51.3. The highest BCUT2D eigenvalue weighted by atomic mass is 16.5. The molecule has 0 spiro atoms. The van der Waals surface area contributed by atoms with Crippen molar-refractivity contribution in [3.8, 4) is 5.75 Å². The van der Waals surface area contributed by atoms with Gasteiger partial charge in [-0.2, -0.15) is 0 Å². The number of nitrogens with zero attached hydrogens (tertiary/aromatic N) is 1. The first-order valence-electron chi connectivity index (χ1n) is 12.4. The molecule has 5 rings (SSSR count). The Morgan fingerprint density at radius 1 is 0.838 bits per heavy atom. The summed E-state index contributed by atoms with van der Waals surface area (Å²) >= 11 is 0. The van der Waals surface area contributed by atoms with Gasteiger partial charge in [-0.05, 0) is 49.4 Å². The molecular formula is C29H27NO7. The Morgan fingerprint density at radius 2 is 1.43 bits per heavy atom. The molecule has 0 amide bonds. The maximum absolute atomic E-state index is 13.3. The third-order valence-electron chi connectivity index (χ3n) is 7.21. The van der Waals surface area contributed by atoms with Crippen LogP contribution in [0.15, 0.2) is 71.1 Å². The van der Waals surface area contributed by atoms with E-state index in [0.717, 1.165) is 5.56 Å². The lowest BCUT2D eigenvalue weighted by Gasteiger charge is -2.43. The Balaban J connectivity index is 1.57. The Hall–Kier alpha value is -4.20. The number of aromatic carboxylic acids is 1. The summed E-state index contributed by atoms with van der Waals surface area (Å²) in [5, 5.41) is 18.8. The Kier molecular flexibility index (Phi) is 6.65. The minimum Gasteiger partial charge on any atom is -0.489 e. The van der Waals surface area contributed by atoms with E-state index in [9.17, 15) is 24.3 Å². The minimum atomic E-state index is -1.01. The average molecular weight is 502 g/mol. The number of ketones is 2. The lowest BCUT2D eigenvalue weighted by Crippen LogP contribution is -2.41. The van der Waals surface area contributed by atoms with Crippen LogP contribution in [0.2, 0.25) is 0 Å². The van der Waals surface area contributed by atoms with E-state index in [1.807, 2.05) is 18.2 Å². The molecule has 37 heavy (non-hydrogen) atoms. The number of carbonyl (C=O) groups is 4. The molecule has 0 unspecified atom stereocenters. The van der Waals surface area contributed by atoms with Gasteiger partial charge in [-0.3, -0.25) is 14.4 Å². The molecule has 0 saturated heterocycles. The molecule has 8 nitrogen and oxygen atoms in total. The van der Waals surface area contributed by atoms with E-state index in [1.165, 1.54) is 12.1 Å². The van der Waals surface area contributed by atoms with Gasteiger partial charge in [-0.25, -0.2) is 4.79 Å². The summed E-state index contributed by atoms with van der Waals surface area (Å²) in [6, 6.07) is 13.7. The van der Waals surface area contributed by atoms with Gasteiger partial charge < -0.3 is 19.8 Å². The molecule has 1 aliphatic heterocycles. The quantitative estimate of drug-likeness (QED) is 0.570. The van der Waals surface area contributed by atoms with Crippen molar-refractivity contribution in [1.29, 1.82) is 0 Å². The molecule has 190 valence electrons. The van der Waals surface area contributed by atoms with Gasteiger partial charge in [-0.15, -0.1) is 0 Å². The van der Waals surface area contributed by atoms with Crippen molar-refractivity contribution in [2.75, 3.05) is 6.54 Å². The topological polar surface area (TPSA) is 121 Å². The fraction of sp³-hybridized carbons (Fsp3) is 0.310. The number of allylic oxidation sites excluding steroid dienone is 4. The molecule has 0 aromatic heterocycles. The Morgan fingerprint density at radius 3 is 2.00 bits per heavy atom. The van der Waals surface area contributed by atoms with E-state index >= 15 is 0 Å². The SMILES string of the molecule is O=C(O)CN1C2=C(C(=O)CCC2)C(c2ccccc2OCc2ccc(C(=O)O)cc2)C2=C1CCCC2=O. The molecule has 0 saturated carbocycles. The second kappa shape index (κ2) is 10.0. The second-order valence-corrected chi connectivity index (χ2v) is 9.52. The monoisotopic (exact) mass is 501 g/mol. The molecule has 2 aromatic rings. The first kappa shape index (κ1) is 24.5. The van der Waals surface area contributed by atoms with Gasteiger partial charge in [-0.1, -0.05) is 30.3 Å². The van der Waals surface area contributed by atoms with Crippen LogP contribution in [0.25, 0.3) is 0 Å². The number of hydrogen-bond donors (Lipinski definition) is 2. The number of carbonyl (C=O) groups excluding carboxylic acids is 2. The van der Waals surface area contributed by atoms with Crippen LogP contribution >= 0.6 is 0 Å². The van der Waals surface area contributed by atoms with Crippen LogP contribution in [-0.2, 0) is 21.0 Å². The first-order valence-corrected chi connectivity index (χ1v) is 12.4. The maximum Gasteiger partial charge on any atom is 0.335 e. The number of carboxylic acids is 2. The number of benzene rings is 2. The van der Waals surface area contributed by atoms with Crippen LogP contribution < -0.4 is 4.74 Å². The summed E-state index contributed by atoms with van der Waals surface area (Å²) < 4.78 is 6.18. The van der Waals surface area contributed by atoms with Crippen LogP contribution in [0.1, 0.15) is 65.9 Å². The van der Waals surface area contributed by atoms with E-state index in [2.05, 4.69) is 0 Å².